The molecule has 1 aromatic carbocycles. The molecule has 1 aliphatic rings. The van der Waals surface area contributed by atoms with E-state index < -0.39 is 0 Å². The van der Waals surface area contributed by atoms with Gasteiger partial charge in [-0.15, -0.1) is 0 Å². The molecule has 114 valence electrons. The first kappa shape index (κ1) is 14.9. The lowest BCUT2D eigenvalue weighted by Gasteiger charge is -2.33. The molecule has 2 heterocycles. The molecule has 22 heavy (non-hydrogen) atoms. The van der Waals surface area contributed by atoms with E-state index in [2.05, 4.69) is 17.9 Å². The van der Waals surface area contributed by atoms with Crippen LogP contribution in [-0.2, 0) is 0 Å². The van der Waals surface area contributed by atoms with Crippen LogP contribution in [0.4, 0.5) is 10.1 Å². The fourth-order valence-electron chi connectivity index (χ4n) is 2.77. The minimum atomic E-state index is -0.243. The minimum Gasteiger partial charge on any atom is -0.319 e. The van der Waals surface area contributed by atoms with Crippen molar-refractivity contribution in [1.82, 2.24) is 4.57 Å². The Balaban J connectivity index is 2.17. The van der Waals surface area contributed by atoms with Crippen molar-refractivity contribution in [1.29, 1.82) is 0 Å². The van der Waals surface area contributed by atoms with Gasteiger partial charge in [0, 0.05) is 23.8 Å². The molecule has 0 saturated carbocycles. The molecule has 4 heteroatoms. The molecule has 0 radical (unpaired) electrons. The SMILES string of the molecule is CCC/C=C1\c2c(Cl)ccn2C=C(C)N1c1cccc(F)c1. The van der Waals surface area contributed by atoms with Gasteiger partial charge in [-0.1, -0.05) is 37.1 Å². The van der Waals surface area contributed by atoms with Crippen molar-refractivity contribution in [3.05, 3.63) is 64.8 Å². The number of hydrogen-bond acceptors (Lipinski definition) is 1. The summed E-state index contributed by atoms with van der Waals surface area (Å²) < 4.78 is 15.7. The second kappa shape index (κ2) is 6.01. The molecular formula is C18H18ClFN2. The van der Waals surface area contributed by atoms with Crippen LogP contribution in [0.1, 0.15) is 32.4 Å². The van der Waals surface area contributed by atoms with Crippen LogP contribution < -0.4 is 4.90 Å². The molecule has 0 aliphatic carbocycles. The van der Waals surface area contributed by atoms with Crippen molar-refractivity contribution in [2.24, 2.45) is 0 Å². The summed E-state index contributed by atoms with van der Waals surface area (Å²) >= 11 is 6.37. The van der Waals surface area contributed by atoms with E-state index in [4.69, 9.17) is 11.6 Å². The topological polar surface area (TPSA) is 8.17 Å². The van der Waals surface area contributed by atoms with Crippen molar-refractivity contribution in [2.45, 2.75) is 26.7 Å². The van der Waals surface area contributed by atoms with Crippen LogP contribution >= 0.6 is 11.6 Å². The Hall–Kier alpha value is -2.00. The largest absolute Gasteiger partial charge is 0.319 e. The molecule has 0 spiro atoms. The normalized spacial score (nSPS) is 15.9. The van der Waals surface area contributed by atoms with Gasteiger partial charge in [-0.05, 0) is 37.6 Å². The number of allylic oxidation sites excluding steroid dienone is 2. The van der Waals surface area contributed by atoms with Crippen LogP contribution in [0, 0.1) is 5.82 Å². The van der Waals surface area contributed by atoms with Crippen LogP contribution in [0.5, 0.6) is 0 Å². The Morgan fingerprint density at radius 1 is 1.27 bits per heavy atom. The van der Waals surface area contributed by atoms with Crippen molar-refractivity contribution in [3.8, 4) is 0 Å². The number of anilines is 1. The van der Waals surface area contributed by atoms with Gasteiger partial charge in [-0.25, -0.2) is 4.39 Å². The molecule has 0 amide bonds. The molecule has 2 aromatic rings. The molecule has 0 fully saturated rings. The molecular weight excluding hydrogens is 299 g/mol. The highest BCUT2D eigenvalue weighted by Crippen LogP contribution is 2.38. The first-order chi connectivity index (χ1) is 10.6. The average Bonchev–Trinajstić information content (AvgIpc) is 2.85. The standard InChI is InChI=1S/C18H18ClFN2/c1-3-4-8-17-18-16(19)9-10-21(18)12-13(2)22(17)15-7-5-6-14(20)11-15/h5-12H,3-4H2,1-2H3/b17-8+. The maximum Gasteiger partial charge on any atom is 0.125 e. The number of aromatic nitrogens is 1. The molecule has 0 saturated heterocycles. The number of benzene rings is 1. The van der Waals surface area contributed by atoms with Gasteiger partial charge in [-0.3, -0.25) is 0 Å². The van der Waals surface area contributed by atoms with Crippen molar-refractivity contribution >= 4 is 29.2 Å². The summed E-state index contributed by atoms with van der Waals surface area (Å²) in [5.41, 5.74) is 3.78. The smallest absolute Gasteiger partial charge is 0.125 e. The lowest BCUT2D eigenvalue weighted by molar-refractivity contribution is 0.628. The average molecular weight is 317 g/mol. The highest BCUT2D eigenvalue weighted by Gasteiger charge is 2.25. The number of fused-ring (bicyclic) bond motifs is 1. The summed E-state index contributed by atoms with van der Waals surface area (Å²) in [5.74, 6) is -0.243. The number of rotatable bonds is 3. The highest BCUT2D eigenvalue weighted by atomic mass is 35.5. The minimum absolute atomic E-state index is 0.243. The fraction of sp³-hybridized carbons (Fsp3) is 0.222. The molecule has 2 nitrogen and oxygen atoms in total. The number of unbranched alkanes of at least 4 members (excludes halogenated alkanes) is 1. The van der Waals surface area contributed by atoms with E-state index >= 15 is 0 Å². The van der Waals surface area contributed by atoms with Gasteiger partial charge in [-0.2, -0.15) is 0 Å². The summed E-state index contributed by atoms with van der Waals surface area (Å²) in [7, 11) is 0. The molecule has 0 atom stereocenters. The van der Waals surface area contributed by atoms with Crippen molar-refractivity contribution in [3.63, 3.8) is 0 Å². The van der Waals surface area contributed by atoms with E-state index in [-0.39, 0.29) is 5.82 Å². The monoisotopic (exact) mass is 316 g/mol. The molecule has 0 unspecified atom stereocenters. The zero-order valence-electron chi connectivity index (χ0n) is 12.7. The van der Waals surface area contributed by atoms with Gasteiger partial charge < -0.3 is 9.47 Å². The van der Waals surface area contributed by atoms with Gasteiger partial charge in [0.05, 0.1) is 16.4 Å². The van der Waals surface area contributed by atoms with Gasteiger partial charge in [0.15, 0.2) is 0 Å². The highest BCUT2D eigenvalue weighted by molar-refractivity contribution is 6.32. The number of hydrogen-bond donors (Lipinski definition) is 0. The van der Waals surface area contributed by atoms with Crippen molar-refractivity contribution in [2.75, 3.05) is 4.90 Å². The summed E-state index contributed by atoms with van der Waals surface area (Å²) in [4.78, 5) is 2.06. The predicted molar refractivity (Wildman–Crippen MR) is 91.2 cm³/mol. The summed E-state index contributed by atoms with van der Waals surface area (Å²) in [6.45, 7) is 4.15. The molecule has 0 bridgehead atoms. The van der Waals surface area contributed by atoms with Crippen molar-refractivity contribution < 1.29 is 4.39 Å². The molecule has 1 aromatic heterocycles. The van der Waals surface area contributed by atoms with E-state index in [0.29, 0.717) is 5.02 Å². The first-order valence-corrected chi connectivity index (χ1v) is 7.80. The molecule has 0 N–H and O–H groups in total. The van der Waals surface area contributed by atoms with E-state index in [0.717, 1.165) is 35.6 Å². The zero-order chi connectivity index (χ0) is 15.7. The maximum absolute atomic E-state index is 13.6. The molecule has 3 rings (SSSR count). The van der Waals surface area contributed by atoms with Crippen LogP contribution in [0.3, 0.4) is 0 Å². The quantitative estimate of drug-likeness (QED) is 0.699. The van der Waals surface area contributed by atoms with Crippen LogP contribution in [-0.4, -0.2) is 4.57 Å². The second-order valence-electron chi connectivity index (χ2n) is 5.38. The van der Waals surface area contributed by atoms with Gasteiger partial charge in [0.25, 0.3) is 0 Å². The lowest BCUT2D eigenvalue weighted by atomic mass is 10.1. The summed E-state index contributed by atoms with van der Waals surface area (Å²) in [5, 5.41) is 0.701. The third-order valence-electron chi connectivity index (χ3n) is 3.72. The Bertz CT molecular complexity index is 758. The van der Waals surface area contributed by atoms with Gasteiger partial charge >= 0.3 is 0 Å². The Morgan fingerprint density at radius 2 is 2.09 bits per heavy atom. The third-order valence-corrected chi connectivity index (χ3v) is 4.03. The first-order valence-electron chi connectivity index (χ1n) is 7.42. The second-order valence-corrected chi connectivity index (χ2v) is 5.79. The zero-order valence-corrected chi connectivity index (χ0v) is 13.4. The maximum atomic E-state index is 13.6. The third kappa shape index (κ3) is 2.57. The van der Waals surface area contributed by atoms with Gasteiger partial charge in [0.1, 0.15) is 5.82 Å². The Labute approximate surface area is 135 Å². The van der Waals surface area contributed by atoms with E-state index in [1.807, 2.05) is 36.0 Å². The number of nitrogens with zero attached hydrogens (tertiary/aromatic N) is 2. The number of halogens is 2. The fourth-order valence-corrected chi connectivity index (χ4v) is 3.02. The Morgan fingerprint density at radius 3 is 2.82 bits per heavy atom. The molecule has 1 aliphatic heterocycles. The predicted octanol–water partition coefficient (Wildman–Crippen LogP) is 5.76. The van der Waals surface area contributed by atoms with Crippen LogP contribution in [0.25, 0.3) is 11.9 Å². The van der Waals surface area contributed by atoms with Crippen LogP contribution in [0.15, 0.2) is 48.3 Å². The van der Waals surface area contributed by atoms with Crippen LogP contribution in [0.2, 0.25) is 5.02 Å². The van der Waals surface area contributed by atoms with Gasteiger partial charge in [0.2, 0.25) is 0 Å². The van der Waals surface area contributed by atoms with E-state index in [9.17, 15) is 4.39 Å². The van der Waals surface area contributed by atoms with E-state index in [1.165, 1.54) is 6.07 Å². The summed E-state index contributed by atoms with van der Waals surface area (Å²) in [6.07, 6.45) is 8.11. The Kier molecular flexibility index (Phi) is 4.08. The lowest BCUT2D eigenvalue weighted by Crippen LogP contribution is -2.25. The summed E-state index contributed by atoms with van der Waals surface area (Å²) in [6, 6.07) is 8.52. The van der Waals surface area contributed by atoms with E-state index in [1.54, 1.807) is 12.1 Å².